The second-order valence-electron chi connectivity index (χ2n) is 8.50. The van der Waals surface area contributed by atoms with Gasteiger partial charge in [-0.2, -0.15) is 0 Å². The van der Waals surface area contributed by atoms with E-state index in [1.165, 1.54) is 0 Å². The van der Waals surface area contributed by atoms with Crippen molar-refractivity contribution >= 4 is 17.6 Å². The number of hydrogen-bond donors (Lipinski definition) is 1. The van der Waals surface area contributed by atoms with Gasteiger partial charge in [0.2, 0.25) is 0 Å². The fraction of sp³-hybridized carbons (Fsp3) is 0.259. The van der Waals surface area contributed by atoms with Gasteiger partial charge in [-0.3, -0.25) is 0 Å². The number of urea groups is 1. The highest BCUT2D eigenvalue weighted by atomic mass is 16.5. The molecule has 34 heavy (non-hydrogen) atoms. The van der Waals surface area contributed by atoms with Gasteiger partial charge in [-0.05, 0) is 36.8 Å². The lowest BCUT2D eigenvalue weighted by Crippen LogP contribution is -2.57. The Kier molecular flexibility index (Phi) is 6.08. The minimum absolute atomic E-state index is 0.0216. The Labute approximate surface area is 199 Å². The average molecular weight is 457 g/mol. The normalized spacial score (nSPS) is 17.0. The number of amides is 2. The molecule has 2 heterocycles. The average Bonchev–Trinajstić information content (AvgIpc) is 3.04. The zero-order chi connectivity index (χ0) is 23.5. The molecule has 1 atom stereocenters. The maximum Gasteiger partial charge on any atom is 0.318 e. The largest absolute Gasteiger partial charge is 0.497 e. The van der Waals surface area contributed by atoms with E-state index in [1.54, 1.807) is 7.11 Å². The highest BCUT2D eigenvalue weighted by Crippen LogP contribution is 2.39. The molecule has 3 aromatic carbocycles. The van der Waals surface area contributed by atoms with Gasteiger partial charge in [-0.1, -0.05) is 42.5 Å². The predicted octanol–water partition coefficient (Wildman–Crippen LogP) is 4.80. The molecule has 5 rings (SSSR count). The van der Waals surface area contributed by atoms with Gasteiger partial charge in [-0.15, -0.1) is 0 Å². The first-order valence-electron chi connectivity index (χ1n) is 11.5. The second-order valence-corrected chi connectivity index (χ2v) is 8.50. The molecule has 1 saturated heterocycles. The first-order chi connectivity index (χ1) is 16.6. The van der Waals surface area contributed by atoms with Crippen molar-refractivity contribution in [2.75, 3.05) is 26.7 Å². The van der Waals surface area contributed by atoms with Gasteiger partial charge in [0.15, 0.2) is 5.75 Å². The van der Waals surface area contributed by atoms with Gasteiger partial charge in [0.25, 0.3) is 0 Å². The zero-order valence-corrected chi connectivity index (χ0v) is 19.4. The molecular formula is C27H28N4O3. The van der Waals surface area contributed by atoms with E-state index in [4.69, 9.17) is 14.5 Å². The smallest absolute Gasteiger partial charge is 0.318 e. The van der Waals surface area contributed by atoms with E-state index in [1.807, 2.05) is 77.7 Å². The summed E-state index contributed by atoms with van der Waals surface area (Å²) in [6, 6.07) is 23.5. The number of ether oxygens (including phenoxy) is 2. The summed E-state index contributed by atoms with van der Waals surface area (Å²) in [6.07, 6.45) is 0. The molecule has 0 radical (unpaired) electrons. The Bertz CT molecular complexity index is 1210. The van der Waals surface area contributed by atoms with Crippen LogP contribution in [0.4, 0.5) is 10.5 Å². The van der Waals surface area contributed by atoms with E-state index in [0.29, 0.717) is 37.7 Å². The van der Waals surface area contributed by atoms with Crippen LogP contribution in [0.15, 0.2) is 77.8 Å². The van der Waals surface area contributed by atoms with E-state index in [2.05, 4.69) is 17.1 Å². The third-order valence-electron chi connectivity index (χ3n) is 6.22. The summed E-state index contributed by atoms with van der Waals surface area (Å²) in [5.74, 6) is 2.99. The molecule has 2 amide bonds. The molecule has 2 aliphatic heterocycles. The van der Waals surface area contributed by atoms with Gasteiger partial charge in [0, 0.05) is 38.3 Å². The van der Waals surface area contributed by atoms with E-state index in [0.717, 1.165) is 28.4 Å². The van der Waals surface area contributed by atoms with Crippen LogP contribution in [0.3, 0.4) is 0 Å². The maximum absolute atomic E-state index is 12.9. The number of methoxy groups -OCH3 is 1. The van der Waals surface area contributed by atoms with Crippen molar-refractivity contribution in [1.82, 2.24) is 15.1 Å². The summed E-state index contributed by atoms with van der Waals surface area (Å²) in [5, 5.41) is 3.05. The van der Waals surface area contributed by atoms with Gasteiger partial charge in [-0.25, -0.2) is 9.79 Å². The lowest BCUT2D eigenvalue weighted by atomic mass is 10.1. The van der Waals surface area contributed by atoms with Crippen LogP contribution in [0, 0.1) is 0 Å². The number of amidine groups is 1. The third kappa shape index (κ3) is 4.41. The summed E-state index contributed by atoms with van der Waals surface area (Å²) in [6.45, 7) is 4.54. The molecular weight excluding hydrogens is 428 g/mol. The number of nitrogens with zero attached hydrogens (tertiary/aromatic N) is 3. The molecule has 0 bridgehead atoms. The van der Waals surface area contributed by atoms with E-state index < -0.39 is 0 Å². The highest BCUT2D eigenvalue weighted by Gasteiger charge is 2.31. The molecule has 1 N–H and O–H groups in total. The molecule has 2 aliphatic rings. The highest BCUT2D eigenvalue weighted by molar-refractivity contribution is 6.04. The fourth-order valence-electron chi connectivity index (χ4n) is 4.40. The third-order valence-corrected chi connectivity index (χ3v) is 6.22. The molecule has 1 fully saturated rings. The number of rotatable bonds is 3. The molecule has 0 aromatic heterocycles. The van der Waals surface area contributed by atoms with Crippen LogP contribution in [-0.4, -0.2) is 54.5 Å². The Morgan fingerprint density at radius 2 is 1.85 bits per heavy atom. The lowest BCUT2D eigenvalue weighted by Gasteiger charge is -2.41. The summed E-state index contributed by atoms with van der Waals surface area (Å²) in [4.78, 5) is 22.0. The summed E-state index contributed by atoms with van der Waals surface area (Å²) in [7, 11) is 1.64. The van der Waals surface area contributed by atoms with Crippen LogP contribution in [-0.2, 0) is 6.54 Å². The Balaban J connectivity index is 1.36. The van der Waals surface area contributed by atoms with Crippen molar-refractivity contribution in [3.63, 3.8) is 0 Å². The summed E-state index contributed by atoms with van der Waals surface area (Å²) in [5.41, 5.74) is 2.77. The lowest BCUT2D eigenvalue weighted by molar-refractivity contribution is 0.134. The summed E-state index contributed by atoms with van der Waals surface area (Å²) >= 11 is 0. The molecule has 0 aliphatic carbocycles. The number of aliphatic imine (C=N–C) groups is 1. The van der Waals surface area contributed by atoms with Gasteiger partial charge >= 0.3 is 6.03 Å². The minimum atomic E-state index is -0.0439. The quantitative estimate of drug-likeness (QED) is 0.615. The Morgan fingerprint density at radius 1 is 1.06 bits per heavy atom. The molecule has 174 valence electrons. The van der Waals surface area contributed by atoms with Crippen LogP contribution >= 0.6 is 0 Å². The number of nitrogens with one attached hydrogen (secondary N) is 1. The van der Waals surface area contributed by atoms with Crippen molar-refractivity contribution in [3.8, 4) is 17.2 Å². The second kappa shape index (κ2) is 9.47. The maximum atomic E-state index is 12.9. The van der Waals surface area contributed by atoms with Crippen LogP contribution < -0.4 is 14.8 Å². The van der Waals surface area contributed by atoms with Crippen LogP contribution in [0.2, 0.25) is 0 Å². The van der Waals surface area contributed by atoms with Crippen molar-refractivity contribution < 1.29 is 14.3 Å². The van der Waals surface area contributed by atoms with Gasteiger partial charge in [0.1, 0.15) is 23.0 Å². The number of carbonyl (C=O) groups excluding carboxylic acids is 1. The summed E-state index contributed by atoms with van der Waals surface area (Å²) < 4.78 is 11.6. The number of fused-ring (bicyclic) bond motifs is 2. The predicted molar refractivity (Wildman–Crippen MR) is 132 cm³/mol. The standard InChI is InChI=1S/C27H28N4O3/c1-19-18-30(14-15-31(19)27(32)28-17-20-8-4-3-5-9-20)26-22-13-12-21(33-2)16-25(22)34-24-11-7-6-10-23(24)29-26/h3-13,16,19H,14-15,17-18H2,1-2H3,(H,28,32). The SMILES string of the molecule is COc1ccc2c(c1)Oc1ccccc1N=C2N1CCN(C(=O)NCc2ccccc2)C(C)C1. The Morgan fingerprint density at radius 3 is 2.65 bits per heavy atom. The topological polar surface area (TPSA) is 66.4 Å². The number of benzene rings is 3. The van der Waals surface area contributed by atoms with Crippen molar-refractivity contribution in [2.45, 2.75) is 19.5 Å². The van der Waals surface area contributed by atoms with Gasteiger partial charge < -0.3 is 24.6 Å². The number of carbonyl (C=O) groups is 1. The molecule has 7 nitrogen and oxygen atoms in total. The van der Waals surface area contributed by atoms with Crippen molar-refractivity contribution in [2.24, 2.45) is 4.99 Å². The first kappa shape index (κ1) is 21.8. The number of hydrogen-bond acceptors (Lipinski definition) is 5. The molecule has 3 aromatic rings. The van der Waals surface area contributed by atoms with Crippen molar-refractivity contribution in [3.05, 3.63) is 83.9 Å². The van der Waals surface area contributed by atoms with Crippen LogP contribution in [0.1, 0.15) is 18.1 Å². The molecule has 0 spiro atoms. The monoisotopic (exact) mass is 456 g/mol. The molecule has 1 unspecified atom stereocenters. The van der Waals surface area contributed by atoms with E-state index in [9.17, 15) is 4.79 Å². The van der Waals surface area contributed by atoms with Crippen molar-refractivity contribution in [1.29, 1.82) is 0 Å². The van der Waals surface area contributed by atoms with E-state index >= 15 is 0 Å². The van der Waals surface area contributed by atoms with Gasteiger partial charge in [0.05, 0.1) is 12.7 Å². The zero-order valence-electron chi connectivity index (χ0n) is 19.4. The first-order valence-corrected chi connectivity index (χ1v) is 11.5. The number of para-hydroxylation sites is 2. The Hall–Kier alpha value is -4.00. The fourth-order valence-corrected chi connectivity index (χ4v) is 4.40. The number of piperazine rings is 1. The van der Waals surface area contributed by atoms with Crippen LogP contribution in [0.25, 0.3) is 0 Å². The molecule has 7 heteroatoms. The minimum Gasteiger partial charge on any atom is -0.497 e. The molecule has 0 saturated carbocycles. The van der Waals surface area contributed by atoms with Crippen LogP contribution in [0.5, 0.6) is 17.2 Å². The van der Waals surface area contributed by atoms with E-state index in [-0.39, 0.29) is 12.1 Å².